The van der Waals surface area contributed by atoms with Gasteiger partial charge in [-0.05, 0) is 38.1 Å². The highest BCUT2D eigenvalue weighted by Crippen LogP contribution is 2.24. The maximum Gasteiger partial charge on any atom is 0.295 e. The van der Waals surface area contributed by atoms with Gasteiger partial charge in [0.05, 0.1) is 5.56 Å². The van der Waals surface area contributed by atoms with E-state index < -0.39 is 17.5 Å². The zero-order valence-corrected chi connectivity index (χ0v) is 16.8. The Hall–Kier alpha value is -3.48. The zero-order valence-electron chi connectivity index (χ0n) is 16.8. The van der Waals surface area contributed by atoms with Crippen LogP contribution in [-0.2, 0) is 4.79 Å². The van der Waals surface area contributed by atoms with E-state index in [1.807, 2.05) is 19.9 Å². The van der Waals surface area contributed by atoms with Gasteiger partial charge >= 0.3 is 0 Å². The van der Waals surface area contributed by atoms with Crippen molar-refractivity contribution in [2.45, 2.75) is 25.9 Å². The SMILES string of the molecule is C[C@@H]1CN(C(=O)c2ccccc2)C[C@H](C)N1C(=O)C(=O)c1c[nH]c2cccc(F)c12. The van der Waals surface area contributed by atoms with Crippen molar-refractivity contribution in [1.82, 2.24) is 14.8 Å². The highest BCUT2D eigenvalue weighted by atomic mass is 19.1. The Balaban J connectivity index is 1.55. The minimum Gasteiger partial charge on any atom is -0.360 e. The Labute approximate surface area is 173 Å². The molecule has 0 saturated carbocycles. The van der Waals surface area contributed by atoms with Crippen LogP contribution in [0.15, 0.2) is 54.7 Å². The van der Waals surface area contributed by atoms with E-state index in [1.54, 1.807) is 35.2 Å². The molecule has 2 heterocycles. The fourth-order valence-electron chi connectivity index (χ4n) is 4.20. The summed E-state index contributed by atoms with van der Waals surface area (Å²) in [5, 5.41) is 0.119. The molecule has 154 valence electrons. The van der Waals surface area contributed by atoms with Gasteiger partial charge in [-0.25, -0.2) is 4.39 Å². The van der Waals surface area contributed by atoms with Gasteiger partial charge in [0.25, 0.3) is 17.6 Å². The van der Waals surface area contributed by atoms with Crippen molar-refractivity contribution in [3.8, 4) is 0 Å². The number of piperazine rings is 1. The van der Waals surface area contributed by atoms with Crippen LogP contribution in [0.1, 0.15) is 34.6 Å². The molecule has 1 fully saturated rings. The Morgan fingerprint density at radius 1 is 0.967 bits per heavy atom. The smallest absolute Gasteiger partial charge is 0.295 e. The molecule has 2 atom stereocenters. The molecule has 1 N–H and O–H groups in total. The van der Waals surface area contributed by atoms with Crippen molar-refractivity contribution >= 4 is 28.5 Å². The first kappa shape index (κ1) is 19.8. The summed E-state index contributed by atoms with van der Waals surface area (Å²) in [4.78, 5) is 44.8. The second kappa shape index (κ2) is 7.74. The molecule has 30 heavy (non-hydrogen) atoms. The normalized spacial score (nSPS) is 19.2. The number of fused-ring (bicyclic) bond motifs is 1. The highest BCUT2D eigenvalue weighted by molar-refractivity contribution is 6.45. The number of hydrogen-bond donors (Lipinski definition) is 1. The van der Waals surface area contributed by atoms with Gasteiger partial charge in [-0.2, -0.15) is 0 Å². The van der Waals surface area contributed by atoms with Gasteiger partial charge < -0.3 is 14.8 Å². The number of halogens is 1. The third-order valence-electron chi connectivity index (χ3n) is 5.56. The topological polar surface area (TPSA) is 73.5 Å². The number of aromatic amines is 1. The molecule has 1 aliphatic heterocycles. The molecule has 2 aromatic carbocycles. The molecule has 2 amide bonds. The van der Waals surface area contributed by atoms with Crippen LogP contribution >= 0.6 is 0 Å². The number of carbonyl (C=O) groups is 3. The van der Waals surface area contributed by atoms with E-state index in [4.69, 9.17) is 0 Å². The average Bonchev–Trinajstić information content (AvgIpc) is 3.18. The van der Waals surface area contributed by atoms with E-state index in [0.29, 0.717) is 24.2 Å². The predicted molar refractivity (Wildman–Crippen MR) is 111 cm³/mol. The van der Waals surface area contributed by atoms with E-state index >= 15 is 0 Å². The molecule has 1 saturated heterocycles. The molecule has 0 bridgehead atoms. The molecule has 7 heteroatoms. The van der Waals surface area contributed by atoms with E-state index in [1.165, 1.54) is 23.2 Å². The number of H-pyrrole nitrogens is 1. The summed E-state index contributed by atoms with van der Waals surface area (Å²) >= 11 is 0. The molecule has 0 spiro atoms. The van der Waals surface area contributed by atoms with Crippen LogP contribution in [0, 0.1) is 5.82 Å². The highest BCUT2D eigenvalue weighted by Gasteiger charge is 2.38. The van der Waals surface area contributed by atoms with E-state index in [0.717, 1.165) is 0 Å². The van der Waals surface area contributed by atoms with Crippen LogP contribution in [0.2, 0.25) is 0 Å². The number of carbonyl (C=O) groups excluding carboxylic acids is 3. The molecule has 1 aliphatic rings. The molecule has 0 unspecified atom stereocenters. The maximum atomic E-state index is 14.3. The Bertz CT molecular complexity index is 1110. The largest absolute Gasteiger partial charge is 0.360 e. The standard InChI is InChI=1S/C23H22FN3O3/c1-14-12-26(22(29)16-7-4-3-5-8-16)13-15(2)27(14)23(30)21(28)17-11-25-19-10-6-9-18(24)20(17)19/h3-11,14-15,25H,12-13H2,1-2H3/t14-,15+. The first-order valence-electron chi connectivity index (χ1n) is 9.85. The van der Waals surface area contributed by atoms with Crippen molar-refractivity contribution in [2.24, 2.45) is 0 Å². The Kier molecular flexibility index (Phi) is 5.11. The van der Waals surface area contributed by atoms with Crippen LogP contribution in [-0.4, -0.2) is 57.6 Å². The number of ketones is 1. The fourth-order valence-corrected chi connectivity index (χ4v) is 4.20. The lowest BCUT2D eigenvalue weighted by Gasteiger charge is -2.44. The van der Waals surface area contributed by atoms with Crippen molar-refractivity contribution in [3.05, 3.63) is 71.7 Å². The molecule has 3 aromatic rings. The van der Waals surface area contributed by atoms with E-state index in [2.05, 4.69) is 4.98 Å². The van der Waals surface area contributed by atoms with Crippen LogP contribution in [0.25, 0.3) is 10.9 Å². The number of nitrogens with one attached hydrogen (secondary N) is 1. The molecule has 1 aromatic heterocycles. The molecular weight excluding hydrogens is 385 g/mol. The molecule has 0 radical (unpaired) electrons. The van der Waals surface area contributed by atoms with Crippen molar-refractivity contribution < 1.29 is 18.8 Å². The predicted octanol–water partition coefficient (Wildman–Crippen LogP) is 3.25. The lowest BCUT2D eigenvalue weighted by Crippen LogP contribution is -2.61. The lowest BCUT2D eigenvalue weighted by molar-refractivity contribution is -0.133. The number of amides is 2. The number of Topliss-reactive ketones (excluding diaryl/α,β-unsaturated/α-hetero) is 1. The van der Waals surface area contributed by atoms with Crippen molar-refractivity contribution in [1.29, 1.82) is 0 Å². The van der Waals surface area contributed by atoms with Gasteiger partial charge in [-0.15, -0.1) is 0 Å². The fraction of sp³-hybridized carbons (Fsp3) is 0.261. The minimum atomic E-state index is -0.757. The molecule has 6 nitrogen and oxygen atoms in total. The summed E-state index contributed by atoms with van der Waals surface area (Å²) in [6.45, 7) is 4.25. The minimum absolute atomic E-state index is 0.0234. The Morgan fingerprint density at radius 2 is 1.63 bits per heavy atom. The number of benzene rings is 2. The van der Waals surface area contributed by atoms with Crippen molar-refractivity contribution in [2.75, 3.05) is 13.1 Å². The molecule has 4 rings (SSSR count). The van der Waals surface area contributed by atoms with E-state index in [-0.39, 0.29) is 28.9 Å². The second-order valence-corrected chi connectivity index (χ2v) is 7.68. The molecule has 0 aliphatic carbocycles. The maximum absolute atomic E-state index is 14.3. The zero-order chi connectivity index (χ0) is 21.4. The monoisotopic (exact) mass is 407 g/mol. The van der Waals surface area contributed by atoms with Crippen LogP contribution in [0.4, 0.5) is 4.39 Å². The quantitative estimate of drug-likeness (QED) is 0.535. The van der Waals surface area contributed by atoms with Crippen LogP contribution in [0.5, 0.6) is 0 Å². The first-order valence-corrected chi connectivity index (χ1v) is 9.85. The van der Waals surface area contributed by atoms with Gasteiger partial charge in [-0.1, -0.05) is 24.3 Å². The third-order valence-corrected chi connectivity index (χ3v) is 5.56. The number of rotatable bonds is 3. The summed E-state index contributed by atoms with van der Waals surface area (Å²) in [6, 6.07) is 12.7. The number of hydrogen-bond acceptors (Lipinski definition) is 3. The summed E-state index contributed by atoms with van der Waals surface area (Å²) in [7, 11) is 0. The summed E-state index contributed by atoms with van der Waals surface area (Å²) in [5.41, 5.74) is 1.07. The number of aromatic nitrogens is 1. The van der Waals surface area contributed by atoms with Crippen LogP contribution in [0.3, 0.4) is 0 Å². The average molecular weight is 407 g/mol. The second-order valence-electron chi connectivity index (χ2n) is 7.68. The van der Waals surface area contributed by atoms with Crippen LogP contribution < -0.4 is 0 Å². The van der Waals surface area contributed by atoms with Gasteiger partial charge in [0.2, 0.25) is 0 Å². The number of nitrogens with zero attached hydrogens (tertiary/aromatic N) is 2. The molecular formula is C23H22FN3O3. The van der Waals surface area contributed by atoms with Gasteiger partial charge in [0.15, 0.2) is 0 Å². The van der Waals surface area contributed by atoms with Crippen molar-refractivity contribution in [3.63, 3.8) is 0 Å². The first-order chi connectivity index (χ1) is 14.4. The summed E-state index contributed by atoms with van der Waals surface area (Å²) in [6.07, 6.45) is 1.37. The van der Waals surface area contributed by atoms with Gasteiger partial charge in [-0.3, -0.25) is 14.4 Å². The third kappa shape index (κ3) is 3.36. The summed E-state index contributed by atoms with van der Waals surface area (Å²) < 4.78 is 14.3. The van der Waals surface area contributed by atoms with Gasteiger partial charge in [0.1, 0.15) is 5.82 Å². The Morgan fingerprint density at radius 3 is 2.30 bits per heavy atom. The van der Waals surface area contributed by atoms with E-state index in [9.17, 15) is 18.8 Å². The van der Waals surface area contributed by atoms with Gasteiger partial charge in [0, 0.05) is 47.8 Å². The summed E-state index contributed by atoms with van der Waals surface area (Å²) in [5.74, 6) is -2.10. The lowest BCUT2D eigenvalue weighted by atomic mass is 10.0.